The molecular weight excluding hydrogens is 540 g/mol. The van der Waals surface area contributed by atoms with E-state index in [0.717, 1.165) is 16.7 Å². The fourth-order valence-corrected chi connectivity index (χ4v) is 7.23. The molecule has 0 radical (unpaired) electrons. The Morgan fingerprint density at radius 3 is 2.37 bits per heavy atom. The van der Waals surface area contributed by atoms with Crippen LogP contribution in [-0.2, 0) is 10.2 Å². The molecule has 7 heteroatoms. The monoisotopic (exact) mass is 570 g/mol. The first-order chi connectivity index (χ1) is 20.9. The highest BCUT2D eigenvalue weighted by Crippen LogP contribution is 2.62. The van der Waals surface area contributed by atoms with Crippen molar-refractivity contribution < 1.29 is 23.9 Å². The first kappa shape index (κ1) is 26.7. The van der Waals surface area contributed by atoms with Crippen molar-refractivity contribution in [3.63, 3.8) is 0 Å². The maximum atomic E-state index is 14.9. The largest absolute Gasteiger partial charge is 0.497 e. The zero-order chi connectivity index (χ0) is 29.9. The standard InChI is InChI=1S/C36H30N2O5/c1-21-12-14-23(15-13-21)32(39)30-31(33(40)26-17-16-24(42-2)20-29(26)43-3)38-19-18-22-8-4-5-9-25(22)34(38)36(30)27-10-6-7-11-28(27)37-35(36)41/h4-20,30-31,34H,1-3H3,(H,37,41)/t30-,31+,34+,36-/m1/s1. The Bertz CT molecular complexity index is 1830. The molecule has 4 atom stereocenters. The molecule has 3 aliphatic heterocycles. The van der Waals surface area contributed by atoms with Crippen molar-refractivity contribution in [1.29, 1.82) is 0 Å². The number of ketones is 2. The third-order valence-corrected chi connectivity index (χ3v) is 9.13. The van der Waals surface area contributed by atoms with Gasteiger partial charge in [0, 0.05) is 23.5 Å². The first-order valence-corrected chi connectivity index (χ1v) is 14.2. The molecule has 3 aliphatic rings. The van der Waals surface area contributed by atoms with Gasteiger partial charge in [-0.1, -0.05) is 72.3 Å². The molecule has 3 heterocycles. The van der Waals surface area contributed by atoms with E-state index in [2.05, 4.69) is 5.32 Å². The van der Waals surface area contributed by atoms with Gasteiger partial charge in [0.2, 0.25) is 5.91 Å². The lowest BCUT2D eigenvalue weighted by Gasteiger charge is -2.38. The van der Waals surface area contributed by atoms with Crippen molar-refractivity contribution in [2.75, 3.05) is 19.5 Å². The molecule has 4 aromatic rings. The quantitative estimate of drug-likeness (QED) is 0.287. The number of nitrogens with one attached hydrogen (secondary N) is 1. The minimum Gasteiger partial charge on any atom is -0.497 e. The number of aryl methyl sites for hydroxylation is 1. The molecule has 1 spiro atoms. The number of amides is 1. The second-order valence-corrected chi connectivity index (χ2v) is 11.2. The predicted molar refractivity (Wildman–Crippen MR) is 163 cm³/mol. The van der Waals surface area contributed by atoms with E-state index in [1.165, 1.54) is 7.11 Å². The average molecular weight is 571 g/mol. The van der Waals surface area contributed by atoms with Crippen molar-refractivity contribution in [3.8, 4) is 11.5 Å². The Balaban J connectivity index is 1.53. The lowest BCUT2D eigenvalue weighted by molar-refractivity contribution is -0.122. The number of hydrogen-bond donors (Lipinski definition) is 1. The number of benzene rings is 4. The summed E-state index contributed by atoms with van der Waals surface area (Å²) < 4.78 is 11.0. The van der Waals surface area contributed by atoms with Gasteiger partial charge in [-0.15, -0.1) is 0 Å². The van der Waals surface area contributed by atoms with Crippen molar-refractivity contribution in [2.24, 2.45) is 5.92 Å². The molecule has 0 bridgehead atoms. The third-order valence-electron chi connectivity index (χ3n) is 9.13. The van der Waals surface area contributed by atoms with Crippen molar-refractivity contribution in [3.05, 3.63) is 131 Å². The normalized spacial score (nSPS) is 22.9. The molecule has 1 N–H and O–H groups in total. The van der Waals surface area contributed by atoms with E-state index in [-0.39, 0.29) is 17.5 Å². The minimum atomic E-state index is -1.39. The minimum absolute atomic E-state index is 0.266. The Hall–Kier alpha value is -5.17. The second-order valence-electron chi connectivity index (χ2n) is 11.2. The van der Waals surface area contributed by atoms with Gasteiger partial charge in [-0.3, -0.25) is 14.4 Å². The van der Waals surface area contributed by atoms with Crippen LogP contribution in [0.15, 0.2) is 97.2 Å². The topological polar surface area (TPSA) is 84.9 Å². The summed E-state index contributed by atoms with van der Waals surface area (Å²) >= 11 is 0. The smallest absolute Gasteiger partial charge is 0.238 e. The van der Waals surface area contributed by atoms with Crippen LogP contribution in [0, 0.1) is 12.8 Å². The molecule has 7 rings (SSSR count). The summed E-state index contributed by atoms with van der Waals surface area (Å²) in [6, 6.07) is 26.1. The maximum absolute atomic E-state index is 14.9. The van der Waals surface area contributed by atoms with Gasteiger partial charge in [0.15, 0.2) is 11.6 Å². The van der Waals surface area contributed by atoms with Gasteiger partial charge in [0.05, 0.1) is 31.7 Å². The number of para-hydroxylation sites is 1. The molecule has 0 aliphatic carbocycles. The number of ether oxygens (including phenoxy) is 2. The van der Waals surface area contributed by atoms with Gasteiger partial charge in [-0.25, -0.2) is 0 Å². The molecule has 1 fully saturated rings. The van der Waals surface area contributed by atoms with Crippen LogP contribution in [0.25, 0.3) is 6.08 Å². The summed E-state index contributed by atoms with van der Waals surface area (Å²) in [6.07, 6.45) is 3.81. The van der Waals surface area contributed by atoms with Gasteiger partial charge in [0.1, 0.15) is 23.0 Å². The van der Waals surface area contributed by atoms with Crippen LogP contribution < -0.4 is 14.8 Å². The summed E-state index contributed by atoms with van der Waals surface area (Å²) in [5.74, 6) is -1.06. The zero-order valence-electron chi connectivity index (χ0n) is 24.0. The van der Waals surface area contributed by atoms with Gasteiger partial charge < -0.3 is 19.7 Å². The first-order valence-electron chi connectivity index (χ1n) is 14.2. The number of methoxy groups -OCH3 is 2. The number of anilines is 1. The maximum Gasteiger partial charge on any atom is 0.238 e. The van der Waals surface area contributed by atoms with Crippen LogP contribution >= 0.6 is 0 Å². The molecule has 0 saturated carbocycles. The van der Waals surface area contributed by atoms with Crippen LogP contribution in [0.3, 0.4) is 0 Å². The van der Waals surface area contributed by atoms with Gasteiger partial charge in [-0.2, -0.15) is 0 Å². The van der Waals surface area contributed by atoms with E-state index in [0.29, 0.717) is 33.9 Å². The summed E-state index contributed by atoms with van der Waals surface area (Å²) in [5, 5.41) is 3.08. The van der Waals surface area contributed by atoms with Crippen LogP contribution in [0.4, 0.5) is 5.69 Å². The molecule has 1 saturated heterocycles. The van der Waals surface area contributed by atoms with Crippen LogP contribution in [0.2, 0.25) is 0 Å². The van der Waals surface area contributed by atoms with E-state index in [1.54, 1.807) is 37.4 Å². The highest BCUT2D eigenvalue weighted by Gasteiger charge is 2.70. The van der Waals surface area contributed by atoms with E-state index < -0.39 is 23.4 Å². The lowest BCUT2D eigenvalue weighted by atomic mass is 9.62. The summed E-state index contributed by atoms with van der Waals surface area (Å²) in [4.78, 5) is 46.3. The van der Waals surface area contributed by atoms with E-state index >= 15 is 0 Å². The van der Waals surface area contributed by atoms with E-state index in [4.69, 9.17) is 9.47 Å². The zero-order valence-corrected chi connectivity index (χ0v) is 24.0. The van der Waals surface area contributed by atoms with Crippen LogP contribution in [-0.4, -0.2) is 42.6 Å². The van der Waals surface area contributed by atoms with Crippen LogP contribution in [0.5, 0.6) is 11.5 Å². The summed E-state index contributed by atoms with van der Waals surface area (Å²) in [5.41, 5.74) is 3.56. The second kappa shape index (κ2) is 9.98. The lowest BCUT2D eigenvalue weighted by Crippen LogP contribution is -2.49. The van der Waals surface area contributed by atoms with Crippen LogP contribution in [0.1, 0.15) is 49.0 Å². The number of fused-ring (bicyclic) bond motifs is 6. The molecule has 214 valence electrons. The highest BCUT2D eigenvalue weighted by atomic mass is 16.5. The summed E-state index contributed by atoms with van der Waals surface area (Å²) in [6.45, 7) is 1.95. The van der Waals surface area contributed by atoms with Crippen molar-refractivity contribution in [1.82, 2.24) is 4.90 Å². The SMILES string of the molecule is COc1ccc(C(=O)[C@@H]2[C@H](C(=O)c3ccc(C)cc3)[C@@]3(C(=O)Nc4ccccc43)[C@@H]3c4ccccc4C=CN23)c(OC)c1. The number of carbonyl (C=O) groups is 3. The van der Waals surface area contributed by atoms with Gasteiger partial charge in [-0.05, 0) is 47.9 Å². The van der Waals surface area contributed by atoms with Crippen molar-refractivity contribution >= 4 is 29.2 Å². The molecule has 0 unspecified atom stereocenters. The number of carbonyl (C=O) groups excluding carboxylic acids is 3. The fraction of sp³-hybridized carbons (Fsp3) is 0.194. The Labute approximate surface area is 249 Å². The van der Waals surface area contributed by atoms with E-state index in [1.807, 2.05) is 84.8 Å². The van der Waals surface area contributed by atoms with Gasteiger partial charge >= 0.3 is 0 Å². The fourth-order valence-electron chi connectivity index (χ4n) is 7.23. The highest BCUT2D eigenvalue weighted by molar-refractivity contribution is 6.17. The van der Waals surface area contributed by atoms with Gasteiger partial charge in [0.25, 0.3) is 0 Å². The molecule has 4 aromatic carbocycles. The predicted octanol–water partition coefficient (Wildman–Crippen LogP) is 5.99. The Morgan fingerprint density at radius 1 is 0.860 bits per heavy atom. The van der Waals surface area contributed by atoms with Crippen molar-refractivity contribution in [2.45, 2.75) is 24.4 Å². The Morgan fingerprint density at radius 2 is 1.60 bits per heavy atom. The number of nitrogens with zero attached hydrogens (tertiary/aromatic N) is 1. The number of rotatable bonds is 6. The molecular formula is C36H30N2O5. The number of hydrogen-bond acceptors (Lipinski definition) is 6. The Kier molecular flexibility index (Phi) is 6.20. The average Bonchev–Trinajstić information content (AvgIpc) is 3.52. The molecule has 0 aromatic heterocycles. The molecule has 43 heavy (non-hydrogen) atoms. The molecule has 1 amide bonds. The number of Topliss-reactive ketones (excluding diaryl/α,β-unsaturated/α-hetero) is 2. The third kappa shape index (κ3) is 3.77. The molecule has 7 nitrogen and oxygen atoms in total. The van der Waals surface area contributed by atoms with E-state index in [9.17, 15) is 14.4 Å². The summed E-state index contributed by atoms with van der Waals surface area (Å²) in [7, 11) is 3.04.